The number of nitriles is 1. The average molecular weight is 355 g/mol. The highest BCUT2D eigenvalue weighted by atomic mass is 19.4. The number of alkyl halides is 3. The molecule has 0 bridgehead atoms. The Hall–Kier alpha value is -3.67. The lowest BCUT2D eigenvalue weighted by atomic mass is 10.1. The van der Waals surface area contributed by atoms with Crippen LogP contribution >= 0.6 is 0 Å². The highest BCUT2D eigenvalue weighted by molar-refractivity contribution is 5.76. The summed E-state index contributed by atoms with van der Waals surface area (Å²) >= 11 is 0. The number of halogens is 3. The number of pyridine rings is 1. The summed E-state index contributed by atoms with van der Waals surface area (Å²) in [5.41, 5.74) is 0.332. The van der Waals surface area contributed by atoms with Crippen LogP contribution in [0.1, 0.15) is 11.1 Å². The Morgan fingerprint density at radius 2 is 1.92 bits per heavy atom. The van der Waals surface area contributed by atoms with E-state index in [1.807, 2.05) is 6.07 Å². The SMILES string of the molecule is N#Cc1ccn2ncc(-c3nc(-c4ccccc4C(F)(F)F)no3)c2c1. The zero-order valence-corrected chi connectivity index (χ0v) is 12.9. The van der Waals surface area contributed by atoms with Crippen LogP contribution in [-0.2, 0) is 6.18 Å². The van der Waals surface area contributed by atoms with Gasteiger partial charge in [0.05, 0.1) is 34.5 Å². The molecule has 0 saturated carbocycles. The second-order valence-corrected chi connectivity index (χ2v) is 5.38. The molecule has 0 aliphatic heterocycles. The number of hydrogen-bond donors (Lipinski definition) is 0. The van der Waals surface area contributed by atoms with Crippen LogP contribution in [0.25, 0.3) is 28.4 Å². The largest absolute Gasteiger partial charge is 0.417 e. The molecule has 0 aliphatic rings. The van der Waals surface area contributed by atoms with E-state index in [-0.39, 0.29) is 17.3 Å². The Labute approximate surface area is 144 Å². The third-order valence-electron chi connectivity index (χ3n) is 3.78. The Balaban J connectivity index is 1.83. The van der Waals surface area contributed by atoms with Crippen molar-refractivity contribution in [3.63, 3.8) is 0 Å². The van der Waals surface area contributed by atoms with Crippen molar-refractivity contribution in [1.29, 1.82) is 5.26 Å². The van der Waals surface area contributed by atoms with E-state index in [0.717, 1.165) is 6.07 Å². The van der Waals surface area contributed by atoms with Crippen molar-refractivity contribution in [2.24, 2.45) is 0 Å². The zero-order chi connectivity index (χ0) is 18.3. The molecule has 0 spiro atoms. The number of benzene rings is 1. The van der Waals surface area contributed by atoms with E-state index < -0.39 is 11.7 Å². The smallest absolute Gasteiger partial charge is 0.333 e. The van der Waals surface area contributed by atoms with Crippen molar-refractivity contribution in [2.45, 2.75) is 6.18 Å². The summed E-state index contributed by atoms with van der Waals surface area (Å²) in [5, 5.41) is 16.8. The molecular formula is C17H8F3N5O. The highest BCUT2D eigenvalue weighted by Gasteiger charge is 2.34. The topological polar surface area (TPSA) is 80.0 Å². The molecule has 26 heavy (non-hydrogen) atoms. The summed E-state index contributed by atoms with van der Waals surface area (Å²) in [4.78, 5) is 4.09. The molecule has 0 unspecified atom stereocenters. The van der Waals surface area contributed by atoms with Crippen LogP contribution in [0.15, 0.2) is 53.3 Å². The van der Waals surface area contributed by atoms with E-state index in [0.29, 0.717) is 16.6 Å². The van der Waals surface area contributed by atoms with E-state index >= 15 is 0 Å². The Morgan fingerprint density at radius 3 is 2.69 bits per heavy atom. The standard InChI is InChI=1S/C17H8F3N5O/c18-17(19,20)13-4-2-1-3-11(13)15-23-16(26-24-15)12-9-22-25-6-5-10(8-21)7-14(12)25/h1-7,9H. The predicted molar refractivity (Wildman–Crippen MR) is 83.6 cm³/mol. The minimum absolute atomic E-state index is 0.0158. The van der Waals surface area contributed by atoms with Gasteiger partial charge < -0.3 is 4.52 Å². The molecule has 0 amide bonds. The normalized spacial score (nSPS) is 11.6. The van der Waals surface area contributed by atoms with Crippen molar-refractivity contribution in [2.75, 3.05) is 0 Å². The van der Waals surface area contributed by atoms with Crippen LogP contribution in [0, 0.1) is 11.3 Å². The highest BCUT2D eigenvalue weighted by Crippen LogP contribution is 2.36. The van der Waals surface area contributed by atoms with Crippen LogP contribution in [0.5, 0.6) is 0 Å². The van der Waals surface area contributed by atoms with Crippen molar-refractivity contribution in [3.05, 3.63) is 59.9 Å². The maximum Gasteiger partial charge on any atom is 0.417 e. The van der Waals surface area contributed by atoms with Gasteiger partial charge in [-0.3, -0.25) is 0 Å². The van der Waals surface area contributed by atoms with Crippen LogP contribution < -0.4 is 0 Å². The van der Waals surface area contributed by atoms with Gasteiger partial charge in [0.25, 0.3) is 5.89 Å². The molecule has 3 heterocycles. The summed E-state index contributed by atoms with van der Waals surface area (Å²) in [5.74, 6) is -0.161. The van der Waals surface area contributed by atoms with Gasteiger partial charge in [-0.15, -0.1) is 0 Å². The first-order valence-corrected chi connectivity index (χ1v) is 7.35. The third-order valence-corrected chi connectivity index (χ3v) is 3.78. The quantitative estimate of drug-likeness (QED) is 0.544. The van der Waals surface area contributed by atoms with Crippen LogP contribution in [-0.4, -0.2) is 19.8 Å². The maximum atomic E-state index is 13.2. The molecule has 0 radical (unpaired) electrons. The third kappa shape index (κ3) is 2.57. The number of fused-ring (bicyclic) bond motifs is 1. The summed E-state index contributed by atoms with van der Waals surface area (Å²) in [6.45, 7) is 0. The number of nitrogens with zero attached hydrogens (tertiary/aromatic N) is 5. The second-order valence-electron chi connectivity index (χ2n) is 5.38. The number of hydrogen-bond acceptors (Lipinski definition) is 5. The molecule has 4 aromatic rings. The molecule has 0 fully saturated rings. The lowest BCUT2D eigenvalue weighted by molar-refractivity contribution is -0.137. The molecule has 0 N–H and O–H groups in total. The van der Waals surface area contributed by atoms with E-state index in [1.54, 1.807) is 18.3 Å². The molecule has 9 heteroatoms. The Morgan fingerprint density at radius 1 is 1.12 bits per heavy atom. The van der Waals surface area contributed by atoms with Gasteiger partial charge >= 0.3 is 6.18 Å². The van der Waals surface area contributed by atoms with Gasteiger partial charge in [0.1, 0.15) is 0 Å². The fourth-order valence-electron chi connectivity index (χ4n) is 2.58. The van der Waals surface area contributed by atoms with Crippen molar-refractivity contribution >= 4 is 5.52 Å². The van der Waals surface area contributed by atoms with Gasteiger partial charge in [0.2, 0.25) is 5.82 Å². The number of aromatic nitrogens is 4. The van der Waals surface area contributed by atoms with Gasteiger partial charge in [-0.05, 0) is 18.2 Å². The first-order valence-electron chi connectivity index (χ1n) is 7.35. The van der Waals surface area contributed by atoms with E-state index in [9.17, 15) is 13.2 Å². The van der Waals surface area contributed by atoms with Crippen LogP contribution in [0.4, 0.5) is 13.2 Å². The molecule has 6 nitrogen and oxygen atoms in total. The monoisotopic (exact) mass is 355 g/mol. The maximum absolute atomic E-state index is 13.2. The van der Waals surface area contributed by atoms with Crippen molar-refractivity contribution in [3.8, 4) is 28.9 Å². The minimum atomic E-state index is -4.54. The second kappa shape index (κ2) is 5.70. The molecule has 0 atom stereocenters. The van der Waals surface area contributed by atoms with Crippen LogP contribution in [0.3, 0.4) is 0 Å². The van der Waals surface area contributed by atoms with E-state index in [1.165, 1.54) is 28.9 Å². The van der Waals surface area contributed by atoms with Gasteiger partial charge in [-0.25, -0.2) is 4.52 Å². The summed E-state index contributed by atoms with van der Waals surface area (Å²) in [6.07, 6.45) is -1.50. The lowest BCUT2D eigenvalue weighted by Gasteiger charge is -2.09. The van der Waals surface area contributed by atoms with E-state index in [2.05, 4.69) is 15.2 Å². The predicted octanol–water partition coefficient (Wildman–Crippen LogP) is 3.94. The molecule has 0 aliphatic carbocycles. The van der Waals surface area contributed by atoms with Crippen molar-refractivity contribution in [1.82, 2.24) is 19.8 Å². The minimum Gasteiger partial charge on any atom is -0.333 e. The van der Waals surface area contributed by atoms with E-state index in [4.69, 9.17) is 9.78 Å². The summed E-state index contributed by atoms with van der Waals surface area (Å²) in [6, 6.07) is 10.2. The molecule has 4 rings (SSSR count). The van der Waals surface area contributed by atoms with Crippen molar-refractivity contribution < 1.29 is 17.7 Å². The first kappa shape index (κ1) is 15.8. The molecule has 0 saturated heterocycles. The van der Waals surface area contributed by atoms with Crippen LogP contribution in [0.2, 0.25) is 0 Å². The fourth-order valence-corrected chi connectivity index (χ4v) is 2.58. The Bertz CT molecular complexity index is 1150. The van der Waals surface area contributed by atoms with Gasteiger partial charge in [0, 0.05) is 11.8 Å². The molecule has 1 aromatic carbocycles. The summed E-state index contributed by atoms with van der Waals surface area (Å²) in [7, 11) is 0. The van der Waals surface area contributed by atoms with Gasteiger partial charge in [-0.1, -0.05) is 23.4 Å². The molecule has 128 valence electrons. The first-order chi connectivity index (χ1) is 12.5. The van der Waals surface area contributed by atoms with Gasteiger partial charge in [-0.2, -0.15) is 28.5 Å². The number of rotatable bonds is 2. The molecule has 3 aromatic heterocycles. The summed E-state index contributed by atoms with van der Waals surface area (Å²) < 4.78 is 46.2. The molecular weight excluding hydrogens is 347 g/mol. The fraction of sp³-hybridized carbons (Fsp3) is 0.0588. The zero-order valence-electron chi connectivity index (χ0n) is 12.9. The average Bonchev–Trinajstić information content (AvgIpc) is 3.27. The van der Waals surface area contributed by atoms with Gasteiger partial charge in [0.15, 0.2) is 0 Å². The Kier molecular flexibility index (Phi) is 3.47. The lowest BCUT2D eigenvalue weighted by Crippen LogP contribution is -2.07.